The van der Waals surface area contributed by atoms with Gasteiger partial charge in [-0.3, -0.25) is 4.79 Å². The number of rotatable bonds is 4. The lowest BCUT2D eigenvalue weighted by atomic mass is 9.98. The number of carbonyl (C=O) groups is 1. The Labute approximate surface area is 192 Å². The van der Waals surface area contributed by atoms with Crippen molar-refractivity contribution in [2.75, 3.05) is 31.6 Å². The van der Waals surface area contributed by atoms with Gasteiger partial charge in [0.1, 0.15) is 17.4 Å². The minimum Gasteiger partial charge on any atom is -0.496 e. The van der Waals surface area contributed by atoms with Crippen molar-refractivity contribution in [2.24, 2.45) is 5.73 Å². The maximum atomic E-state index is 13.7. The Hall–Kier alpha value is -3.20. The number of piperidine rings is 1. The Morgan fingerprint density at radius 3 is 2.82 bits per heavy atom. The highest BCUT2D eigenvalue weighted by Crippen LogP contribution is 2.34. The molecule has 174 valence electrons. The van der Waals surface area contributed by atoms with Gasteiger partial charge in [-0.25, -0.2) is 13.9 Å². The number of fused-ring (bicyclic) bond motifs is 1. The lowest BCUT2D eigenvalue weighted by Crippen LogP contribution is -2.38. The summed E-state index contributed by atoms with van der Waals surface area (Å²) in [4.78, 5) is 22.4. The number of likely N-dealkylation sites (tertiary alicyclic amines) is 1. The fourth-order valence-electron chi connectivity index (χ4n) is 4.96. The number of amides is 1. The van der Waals surface area contributed by atoms with Crippen LogP contribution in [-0.4, -0.2) is 58.2 Å². The van der Waals surface area contributed by atoms with Gasteiger partial charge < -0.3 is 20.3 Å². The molecule has 2 saturated heterocycles. The second-order valence-corrected chi connectivity index (χ2v) is 8.97. The van der Waals surface area contributed by atoms with Crippen LogP contribution in [0.3, 0.4) is 0 Å². The van der Waals surface area contributed by atoms with Crippen LogP contribution in [0.5, 0.6) is 5.75 Å². The smallest absolute Gasteiger partial charge is 0.258 e. The lowest BCUT2D eigenvalue weighted by Gasteiger charge is -2.35. The highest BCUT2D eigenvalue weighted by molar-refractivity contribution is 5.97. The number of benzene rings is 1. The molecule has 9 heteroatoms. The Kier molecular flexibility index (Phi) is 5.65. The summed E-state index contributed by atoms with van der Waals surface area (Å²) in [7, 11) is 1.44. The minimum atomic E-state index is -0.435. The molecule has 1 aromatic carbocycles. The van der Waals surface area contributed by atoms with E-state index in [1.54, 1.807) is 4.52 Å². The molecule has 0 radical (unpaired) electrons. The number of aromatic nitrogens is 3. The first-order valence-corrected chi connectivity index (χ1v) is 11.5. The van der Waals surface area contributed by atoms with E-state index in [0.29, 0.717) is 12.1 Å². The van der Waals surface area contributed by atoms with Crippen molar-refractivity contribution < 1.29 is 13.9 Å². The zero-order valence-electron chi connectivity index (χ0n) is 19.0. The van der Waals surface area contributed by atoms with E-state index >= 15 is 0 Å². The number of halogens is 1. The Bertz CT molecular complexity index is 1200. The predicted molar refractivity (Wildman–Crippen MR) is 123 cm³/mol. The molecule has 2 aromatic heterocycles. The van der Waals surface area contributed by atoms with E-state index in [0.717, 1.165) is 61.5 Å². The van der Waals surface area contributed by atoms with Gasteiger partial charge in [0.15, 0.2) is 5.65 Å². The zero-order valence-corrected chi connectivity index (χ0v) is 19.0. The number of nitrogens with two attached hydrogens (primary N) is 1. The average Bonchev–Trinajstić information content (AvgIpc) is 3.43. The molecular weight excluding hydrogens is 423 g/mol. The van der Waals surface area contributed by atoms with Gasteiger partial charge in [0.25, 0.3) is 5.91 Å². The SMILES string of the molecule is COc1cc(F)ccc1C(=O)N1CCCCC1c1cc2nc(N3CC[C@H](N)C3)c(C)cn2n1. The molecule has 2 N–H and O–H groups in total. The summed E-state index contributed by atoms with van der Waals surface area (Å²) in [5.41, 5.74) is 9.06. The zero-order chi connectivity index (χ0) is 23.1. The third-order valence-corrected chi connectivity index (χ3v) is 6.65. The summed E-state index contributed by atoms with van der Waals surface area (Å²) in [6.07, 6.45) is 5.68. The van der Waals surface area contributed by atoms with Gasteiger partial charge in [-0.1, -0.05) is 0 Å². The van der Waals surface area contributed by atoms with Crippen LogP contribution in [0.4, 0.5) is 10.2 Å². The monoisotopic (exact) mass is 452 g/mol. The first-order valence-electron chi connectivity index (χ1n) is 11.5. The second-order valence-electron chi connectivity index (χ2n) is 8.97. The third kappa shape index (κ3) is 4.01. The Balaban J connectivity index is 1.48. The molecule has 3 aromatic rings. The number of carbonyl (C=O) groups excluding carboxylic acids is 1. The van der Waals surface area contributed by atoms with E-state index in [9.17, 15) is 9.18 Å². The molecule has 0 saturated carbocycles. The van der Waals surface area contributed by atoms with Crippen molar-refractivity contribution in [1.29, 1.82) is 0 Å². The van der Waals surface area contributed by atoms with E-state index in [1.807, 2.05) is 24.1 Å². The molecule has 0 aliphatic carbocycles. The topological polar surface area (TPSA) is 89.0 Å². The van der Waals surface area contributed by atoms with E-state index in [2.05, 4.69) is 4.90 Å². The molecule has 4 heterocycles. The minimum absolute atomic E-state index is 0.174. The highest BCUT2D eigenvalue weighted by Gasteiger charge is 2.32. The molecule has 1 unspecified atom stereocenters. The molecule has 2 fully saturated rings. The van der Waals surface area contributed by atoms with E-state index in [-0.39, 0.29) is 23.7 Å². The first-order chi connectivity index (χ1) is 15.9. The summed E-state index contributed by atoms with van der Waals surface area (Å²) in [5, 5.41) is 4.79. The second kappa shape index (κ2) is 8.62. The number of anilines is 1. The quantitative estimate of drug-likeness (QED) is 0.654. The van der Waals surface area contributed by atoms with Crippen LogP contribution in [-0.2, 0) is 0 Å². The van der Waals surface area contributed by atoms with Crippen LogP contribution >= 0.6 is 0 Å². The summed E-state index contributed by atoms with van der Waals surface area (Å²) in [6.45, 7) is 4.34. The van der Waals surface area contributed by atoms with Gasteiger partial charge in [-0.2, -0.15) is 5.10 Å². The summed E-state index contributed by atoms with van der Waals surface area (Å²) >= 11 is 0. The molecule has 2 atom stereocenters. The average molecular weight is 453 g/mol. The predicted octanol–water partition coefficient (Wildman–Crippen LogP) is 3.09. The summed E-state index contributed by atoms with van der Waals surface area (Å²) in [6, 6.07) is 5.99. The van der Waals surface area contributed by atoms with Gasteiger partial charge in [0.2, 0.25) is 0 Å². The molecule has 2 aliphatic rings. The van der Waals surface area contributed by atoms with Crippen LogP contribution in [0.1, 0.15) is 53.3 Å². The lowest BCUT2D eigenvalue weighted by molar-refractivity contribution is 0.0602. The fourth-order valence-corrected chi connectivity index (χ4v) is 4.96. The van der Waals surface area contributed by atoms with Gasteiger partial charge in [-0.15, -0.1) is 0 Å². The normalized spacial score (nSPS) is 21.1. The van der Waals surface area contributed by atoms with Crippen molar-refractivity contribution >= 4 is 17.4 Å². The largest absolute Gasteiger partial charge is 0.496 e. The van der Waals surface area contributed by atoms with Gasteiger partial charge in [0.05, 0.1) is 24.4 Å². The number of ether oxygens (including phenoxy) is 1. The fraction of sp³-hybridized carbons (Fsp3) is 0.458. The van der Waals surface area contributed by atoms with E-state index in [1.165, 1.54) is 25.3 Å². The van der Waals surface area contributed by atoms with Crippen molar-refractivity contribution in [2.45, 2.75) is 44.7 Å². The number of aryl methyl sites for hydroxylation is 1. The third-order valence-electron chi connectivity index (χ3n) is 6.65. The molecular formula is C24H29FN6O2. The van der Waals surface area contributed by atoms with Crippen LogP contribution in [0.25, 0.3) is 5.65 Å². The van der Waals surface area contributed by atoms with Crippen LogP contribution < -0.4 is 15.4 Å². The molecule has 2 aliphatic heterocycles. The summed E-state index contributed by atoms with van der Waals surface area (Å²) in [5.74, 6) is 0.569. The van der Waals surface area contributed by atoms with Gasteiger partial charge >= 0.3 is 0 Å². The number of methoxy groups -OCH3 is 1. The maximum Gasteiger partial charge on any atom is 0.258 e. The van der Waals surface area contributed by atoms with Crippen molar-refractivity contribution in [1.82, 2.24) is 19.5 Å². The van der Waals surface area contributed by atoms with E-state index < -0.39 is 5.82 Å². The van der Waals surface area contributed by atoms with Crippen molar-refractivity contribution in [3.63, 3.8) is 0 Å². The number of nitrogens with zero attached hydrogens (tertiary/aromatic N) is 5. The van der Waals surface area contributed by atoms with Gasteiger partial charge in [-0.05, 0) is 44.7 Å². The van der Waals surface area contributed by atoms with Crippen LogP contribution in [0.15, 0.2) is 30.5 Å². The molecule has 33 heavy (non-hydrogen) atoms. The molecule has 0 spiro atoms. The Morgan fingerprint density at radius 1 is 1.21 bits per heavy atom. The molecule has 5 rings (SSSR count). The van der Waals surface area contributed by atoms with Crippen LogP contribution in [0, 0.1) is 12.7 Å². The molecule has 1 amide bonds. The van der Waals surface area contributed by atoms with Crippen molar-refractivity contribution in [3.8, 4) is 5.75 Å². The maximum absolute atomic E-state index is 13.7. The first kappa shape index (κ1) is 21.6. The Morgan fingerprint density at radius 2 is 2.06 bits per heavy atom. The van der Waals surface area contributed by atoms with Crippen LogP contribution in [0.2, 0.25) is 0 Å². The van der Waals surface area contributed by atoms with E-state index in [4.69, 9.17) is 20.6 Å². The molecule has 0 bridgehead atoms. The standard InChI is InChI=1S/C24H29FN6O2/c1-15-13-31-22(27-23(15)29-10-8-17(26)14-29)12-19(28-31)20-5-3-4-9-30(20)24(32)18-7-6-16(25)11-21(18)33-2/h6-7,11-13,17,20H,3-5,8-10,14,26H2,1-2H3/t17-,20?/m0/s1. The number of hydrogen-bond donors (Lipinski definition) is 1. The number of hydrogen-bond acceptors (Lipinski definition) is 6. The summed E-state index contributed by atoms with van der Waals surface area (Å²) < 4.78 is 20.7. The highest BCUT2D eigenvalue weighted by atomic mass is 19.1. The van der Waals surface area contributed by atoms with Gasteiger partial charge in [0, 0.05) is 49.6 Å². The molecule has 8 nitrogen and oxygen atoms in total. The van der Waals surface area contributed by atoms with Crippen molar-refractivity contribution in [3.05, 3.63) is 53.1 Å².